The molecule has 0 unspecified atom stereocenters. The number of pyridine rings is 1. The second-order valence-corrected chi connectivity index (χ2v) is 3.10. The molecule has 0 radical (unpaired) electrons. The molecule has 0 spiro atoms. The average molecular weight is 207 g/mol. The van der Waals surface area contributed by atoms with Gasteiger partial charge in [-0.1, -0.05) is 12.2 Å². The Balaban J connectivity index is 2.55. The highest BCUT2D eigenvalue weighted by atomic mass is 32.1. The molecule has 2 aromatic rings. The summed E-state index contributed by atoms with van der Waals surface area (Å²) in [5.41, 5.74) is 0.921. The van der Waals surface area contributed by atoms with Gasteiger partial charge < -0.3 is 0 Å². The number of H-pyrrole nitrogens is 1. The van der Waals surface area contributed by atoms with Crippen molar-refractivity contribution < 1.29 is 4.39 Å². The molecule has 2 rings (SSSR count). The van der Waals surface area contributed by atoms with Crippen LogP contribution in [0, 0.1) is 10.5 Å². The van der Waals surface area contributed by atoms with Crippen molar-refractivity contribution in [2.24, 2.45) is 0 Å². The van der Waals surface area contributed by atoms with Crippen LogP contribution in [0.4, 0.5) is 4.39 Å². The van der Waals surface area contributed by atoms with E-state index in [1.165, 1.54) is 6.20 Å². The zero-order valence-corrected chi connectivity index (χ0v) is 7.88. The summed E-state index contributed by atoms with van der Waals surface area (Å²) < 4.78 is 13.8. The molecule has 2 aromatic heterocycles. The van der Waals surface area contributed by atoms with E-state index in [1.807, 2.05) is 0 Å². The van der Waals surface area contributed by atoms with Gasteiger partial charge in [0.2, 0.25) is 0 Å². The Kier molecular flexibility index (Phi) is 2.32. The van der Waals surface area contributed by atoms with Crippen LogP contribution < -0.4 is 0 Å². The van der Waals surface area contributed by atoms with Gasteiger partial charge >= 0.3 is 0 Å². The first-order chi connectivity index (χ1) is 6.77. The third kappa shape index (κ3) is 1.67. The summed E-state index contributed by atoms with van der Waals surface area (Å²) in [6.45, 7) is 0. The van der Waals surface area contributed by atoms with E-state index in [9.17, 15) is 4.39 Å². The summed E-state index contributed by atoms with van der Waals surface area (Å²) in [4.78, 5) is 3.65. The summed E-state index contributed by atoms with van der Waals surface area (Å²) in [5.74, 6) is -0.398. The van der Waals surface area contributed by atoms with Gasteiger partial charge in [-0.15, -0.1) is 0 Å². The monoisotopic (exact) mass is 207 g/mol. The fourth-order valence-corrected chi connectivity index (χ4v) is 1.19. The summed E-state index contributed by atoms with van der Waals surface area (Å²) in [5, 5.41) is 6.52. The number of hydrogen-bond donors (Lipinski definition) is 1. The van der Waals surface area contributed by atoms with Gasteiger partial charge in [0, 0.05) is 11.8 Å². The molecule has 1 N–H and O–H groups in total. The Labute approximate surface area is 84.6 Å². The molecule has 0 aliphatic rings. The molecule has 0 bridgehead atoms. The van der Waals surface area contributed by atoms with E-state index in [0.29, 0.717) is 15.9 Å². The van der Waals surface area contributed by atoms with Gasteiger partial charge in [0.15, 0.2) is 5.82 Å². The fraction of sp³-hybridized carbons (Fsp3) is 0. The van der Waals surface area contributed by atoms with E-state index in [0.717, 1.165) is 6.20 Å². The summed E-state index contributed by atoms with van der Waals surface area (Å²) >= 11 is 4.83. The van der Waals surface area contributed by atoms with Crippen molar-refractivity contribution in [3.05, 3.63) is 41.1 Å². The SMILES string of the molecule is Fc1cnccc1-c1ccc(=S)[nH]n1. The zero-order chi connectivity index (χ0) is 9.97. The summed E-state index contributed by atoms with van der Waals surface area (Å²) in [6.07, 6.45) is 2.67. The molecule has 14 heavy (non-hydrogen) atoms. The average Bonchev–Trinajstić information content (AvgIpc) is 2.20. The standard InChI is InChI=1S/C9H6FN3S/c10-7-5-11-4-3-6(7)8-1-2-9(14)13-12-8/h1-5H,(H,13,14). The van der Waals surface area contributed by atoms with Gasteiger partial charge in [0.05, 0.1) is 11.9 Å². The second kappa shape index (κ2) is 3.63. The van der Waals surface area contributed by atoms with Crippen molar-refractivity contribution in [2.75, 3.05) is 0 Å². The molecule has 0 saturated carbocycles. The first-order valence-corrected chi connectivity index (χ1v) is 4.34. The van der Waals surface area contributed by atoms with E-state index < -0.39 is 5.82 Å². The van der Waals surface area contributed by atoms with E-state index >= 15 is 0 Å². The van der Waals surface area contributed by atoms with Crippen LogP contribution in [-0.2, 0) is 0 Å². The molecular formula is C9H6FN3S. The normalized spacial score (nSPS) is 10.1. The first-order valence-electron chi connectivity index (χ1n) is 3.93. The number of nitrogens with one attached hydrogen (secondary N) is 1. The lowest BCUT2D eigenvalue weighted by Gasteiger charge is -1.99. The molecule has 0 amide bonds. The van der Waals surface area contributed by atoms with Gasteiger partial charge in [-0.25, -0.2) is 4.39 Å². The minimum absolute atomic E-state index is 0.398. The highest BCUT2D eigenvalue weighted by Crippen LogP contribution is 2.17. The minimum Gasteiger partial charge on any atom is -0.267 e. The number of halogens is 1. The molecule has 0 aromatic carbocycles. The van der Waals surface area contributed by atoms with Crippen LogP contribution in [0.5, 0.6) is 0 Å². The van der Waals surface area contributed by atoms with Crippen LogP contribution in [0.15, 0.2) is 30.6 Å². The van der Waals surface area contributed by atoms with Crippen LogP contribution >= 0.6 is 12.2 Å². The highest BCUT2D eigenvalue weighted by molar-refractivity contribution is 7.71. The van der Waals surface area contributed by atoms with E-state index in [-0.39, 0.29) is 0 Å². The maximum atomic E-state index is 13.2. The molecule has 3 nitrogen and oxygen atoms in total. The molecule has 0 fully saturated rings. The lowest BCUT2D eigenvalue weighted by atomic mass is 10.2. The van der Waals surface area contributed by atoms with Gasteiger partial charge in [0.1, 0.15) is 4.64 Å². The van der Waals surface area contributed by atoms with E-state index in [2.05, 4.69) is 15.2 Å². The predicted octanol–water partition coefficient (Wildman–Crippen LogP) is 2.34. The number of aromatic amines is 1. The van der Waals surface area contributed by atoms with Gasteiger partial charge in [-0.2, -0.15) is 5.10 Å². The Bertz CT molecular complexity index is 489. The van der Waals surface area contributed by atoms with Gasteiger partial charge in [0.25, 0.3) is 0 Å². The van der Waals surface area contributed by atoms with Crippen molar-refractivity contribution in [1.82, 2.24) is 15.2 Å². The molecule has 2 heterocycles. The number of nitrogens with zero attached hydrogens (tertiary/aromatic N) is 2. The molecule has 5 heteroatoms. The van der Waals surface area contributed by atoms with Crippen LogP contribution in [0.2, 0.25) is 0 Å². The molecule has 0 saturated heterocycles. The minimum atomic E-state index is -0.398. The zero-order valence-electron chi connectivity index (χ0n) is 7.07. The first kappa shape index (κ1) is 8.96. The fourth-order valence-electron chi connectivity index (χ4n) is 1.08. The van der Waals surface area contributed by atoms with Crippen molar-refractivity contribution in [3.8, 4) is 11.3 Å². The lowest BCUT2D eigenvalue weighted by Crippen LogP contribution is -1.90. The third-order valence-corrected chi connectivity index (χ3v) is 1.95. The van der Waals surface area contributed by atoms with E-state index in [4.69, 9.17) is 12.2 Å². The maximum Gasteiger partial charge on any atom is 0.150 e. The van der Waals surface area contributed by atoms with Crippen molar-refractivity contribution in [3.63, 3.8) is 0 Å². The summed E-state index contributed by atoms with van der Waals surface area (Å²) in [6, 6.07) is 4.89. The van der Waals surface area contributed by atoms with Crippen molar-refractivity contribution in [2.45, 2.75) is 0 Å². The highest BCUT2D eigenvalue weighted by Gasteiger charge is 2.04. The number of hydrogen-bond acceptors (Lipinski definition) is 3. The third-order valence-electron chi connectivity index (χ3n) is 1.73. The molecule has 0 atom stereocenters. The number of rotatable bonds is 1. The quantitative estimate of drug-likeness (QED) is 0.730. The second-order valence-electron chi connectivity index (χ2n) is 2.66. The predicted molar refractivity (Wildman–Crippen MR) is 52.6 cm³/mol. The van der Waals surface area contributed by atoms with Crippen LogP contribution in [0.3, 0.4) is 0 Å². The maximum absolute atomic E-state index is 13.2. The van der Waals surface area contributed by atoms with Gasteiger partial charge in [-0.05, 0) is 18.2 Å². The molecule has 0 aliphatic carbocycles. The Morgan fingerprint density at radius 1 is 1.29 bits per heavy atom. The Morgan fingerprint density at radius 2 is 2.14 bits per heavy atom. The summed E-state index contributed by atoms with van der Waals surface area (Å²) in [7, 11) is 0. The molecule has 70 valence electrons. The Hall–Kier alpha value is -1.62. The topological polar surface area (TPSA) is 41.6 Å². The van der Waals surface area contributed by atoms with Crippen LogP contribution in [0.1, 0.15) is 0 Å². The number of aromatic nitrogens is 3. The molecular weight excluding hydrogens is 201 g/mol. The van der Waals surface area contributed by atoms with Crippen LogP contribution in [-0.4, -0.2) is 15.2 Å². The largest absolute Gasteiger partial charge is 0.267 e. The van der Waals surface area contributed by atoms with Crippen molar-refractivity contribution in [1.29, 1.82) is 0 Å². The van der Waals surface area contributed by atoms with Crippen LogP contribution in [0.25, 0.3) is 11.3 Å². The van der Waals surface area contributed by atoms with Gasteiger partial charge in [-0.3, -0.25) is 10.1 Å². The van der Waals surface area contributed by atoms with Crippen molar-refractivity contribution >= 4 is 12.2 Å². The lowest BCUT2D eigenvalue weighted by molar-refractivity contribution is 0.624. The smallest absolute Gasteiger partial charge is 0.150 e. The van der Waals surface area contributed by atoms with E-state index in [1.54, 1.807) is 18.2 Å². The molecule has 0 aliphatic heterocycles. The Morgan fingerprint density at radius 3 is 2.79 bits per heavy atom.